The molecule has 0 amide bonds. The number of halogens is 6. The van der Waals surface area contributed by atoms with E-state index in [1.165, 1.54) is 17.5 Å². The molecular formula is C25H31F6N3O4. The highest BCUT2D eigenvalue weighted by Crippen LogP contribution is 2.28. The Bertz CT molecular complexity index is 964. The molecule has 2 aromatic rings. The fourth-order valence-electron chi connectivity index (χ4n) is 3.80. The predicted octanol–water partition coefficient (Wildman–Crippen LogP) is 4.87. The van der Waals surface area contributed by atoms with Crippen molar-refractivity contribution in [1.82, 2.24) is 14.8 Å². The van der Waals surface area contributed by atoms with Crippen molar-refractivity contribution in [2.24, 2.45) is 0 Å². The Morgan fingerprint density at radius 3 is 1.89 bits per heavy atom. The van der Waals surface area contributed by atoms with Crippen LogP contribution in [0.25, 0.3) is 0 Å². The smallest absolute Gasteiger partial charge is 0.475 e. The van der Waals surface area contributed by atoms with Crippen molar-refractivity contribution in [1.29, 1.82) is 0 Å². The SMILES string of the molecule is CC(C)N(C)[C@@H]1CCN(Cc2cccnc2)[C@H]1Cc1ccccc1.O=C(O)C(F)(F)F.O=C(O)C(F)(F)F. The summed E-state index contributed by atoms with van der Waals surface area (Å²) in [6.45, 7) is 6.74. The second-order valence-corrected chi connectivity index (χ2v) is 8.81. The van der Waals surface area contributed by atoms with E-state index in [0.717, 1.165) is 19.5 Å². The van der Waals surface area contributed by atoms with Crippen molar-refractivity contribution >= 4 is 11.9 Å². The lowest BCUT2D eigenvalue weighted by molar-refractivity contribution is -0.193. The molecule has 13 heteroatoms. The highest BCUT2D eigenvalue weighted by atomic mass is 19.4. The number of hydrogen-bond acceptors (Lipinski definition) is 5. The maximum Gasteiger partial charge on any atom is 0.490 e. The monoisotopic (exact) mass is 551 g/mol. The molecule has 1 aromatic heterocycles. The van der Waals surface area contributed by atoms with Crippen LogP contribution in [-0.2, 0) is 22.6 Å². The number of pyridine rings is 1. The van der Waals surface area contributed by atoms with Gasteiger partial charge in [-0.05, 0) is 50.9 Å². The Hall–Kier alpha value is -3.19. The molecule has 2 atom stereocenters. The van der Waals surface area contributed by atoms with Gasteiger partial charge in [0.15, 0.2) is 0 Å². The van der Waals surface area contributed by atoms with Crippen LogP contribution in [0.15, 0.2) is 54.9 Å². The summed E-state index contributed by atoms with van der Waals surface area (Å²) in [6, 6.07) is 16.9. The number of hydrogen-bond donors (Lipinski definition) is 2. The van der Waals surface area contributed by atoms with Gasteiger partial charge in [-0.25, -0.2) is 9.59 Å². The van der Waals surface area contributed by atoms with Gasteiger partial charge < -0.3 is 10.2 Å². The fourth-order valence-corrected chi connectivity index (χ4v) is 3.80. The summed E-state index contributed by atoms with van der Waals surface area (Å²) in [4.78, 5) is 27.3. The summed E-state index contributed by atoms with van der Waals surface area (Å²) in [5, 5.41) is 14.2. The maximum absolute atomic E-state index is 10.6. The molecule has 0 bridgehead atoms. The van der Waals surface area contributed by atoms with Crippen LogP contribution in [-0.4, -0.2) is 81.0 Å². The summed E-state index contributed by atoms with van der Waals surface area (Å²) >= 11 is 0. The summed E-state index contributed by atoms with van der Waals surface area (Å²) in [6.07, 6.45) is -3.96. The van der Waals surface area contributed by atoms with Crippen molar-refractivity contribution in [3.05, 3.63) is 66.0 Å². The first-order chi connectivity index (χ1) is 17.5. The average molecular weight is 552 g/mol. The summed E-state index contributed by atoms with van der Waals surface area (Å²) < 4.78 is 63.5. The minimum Gasteiger partial charge on any atom is -0.475 e. The van der Waals surface area contributed by atoms with Crippen LogP contribution in [0.4, 0.5) is 26.3 Å². The van der Waals surface area contributed by atoms with E-state index in [1.54, 1.807) is 0 Å². The van der Waals surface area contributed by atoms with E-state index < -0.39 is 24.3 Å². The zero-order chi connectivity index (χ0) is 29.1. The molecule has 0 aliphatic carbocycles. The van der Waals surface area contributed by atoms with Gasteiger partial charge in [0, 0.05) is 43.6 Å². The molecule has 0 saturated carbocycles. The van der Waals surface area contributed by atoms with Crippen LogP contribution in [0.3, 0.4) is 0 Å². The third-order valence-corrected chi connectivity index (χ3v) is 5.84. The molecule has 1 fully saturated rings. The van der Waals surface area contributed by atoms with E-state index in [-0.39, 0.29) is 0 Å². The molecule has 1 aliphatic heterocycles. The summed E-state index contributed by atoms with van der Waals surface area (Å²) in [5.74, 6) is -5.51. The molecule has 2 heterocycles. The zero-order valence-electron chi connectivity index (χ0n) is 21.1. The number of carboxylic acid groups (broad SMARTS) is 2. The lowest BCUT2D eigenvalue weighted by Crippen LogP contribution is -2.47. The first-order valence-corrected chi connectivity index (χ1v) is 11.5. The molecule has 38 heavy (non-hydrogen) atoms. The second-order valence-electron chi connectivity index (χ2n) is 8.81. The lowest BCUT2D eigenvalue weighted by atomic mass is 9.98. The van der Waals surface area contributed by atoms with E-state index in [2.05, 4.69) is 72.1 Å². The molecule has 212 valence electrons. The minimum atomic E-state index is -5.08. The Morgan fingerprint density at radius 2 is 1.47 bits per heavy atom. The van der Waals surface area contributed by atoms with E-state index in [4.69, 9.17) is 19.8 Å². The quantitative estimate of drug-likeness (QED) is 0.495. The van der Waals surface area contributed by atoms with E-state index in [9.17, 15) is 26.3 Å². The van der Waals surface area contributed by atoms with Crippen molar-refractivity contribution in [3.63, 3.8) is 0 Å². The van der Waals surface area contributed by atoms with E-state index in [0.29, 0.717) is 18.1 Å². The number of benzene rings is 1. The number of likely N-dealkylation sites (tertiary alicyclic amines) is 1. The number of aliphatic carboxylic acids is 2. The molecule has 0 unspecified atom stereocenters. The largest absolute Gasteiger partial charge is 0.490 e. The second kappa shape index (κ2) is 14.7. The van der Waals surface area contributed by atoms with Crippen LogP contribution in [0, 0.1) is 0 Å². The van der Waals surface area contributed by atoms with Gasteiger partial charge in [0.1, 0.15) is 0 Å². The molecule has 1 saturated heterocycles. The first kappa shape index (κ1) is 32.8. The van der Waals surface area contributed by atoms with E-state index in [1.807, 2.05) is 18.5 Å². The normalized spacial score (nSPS) is 17.9. The van der Waals surface area contributed by atoms with Crippen LogP contribution < -0.4 is 0 Å². The number of alkyl halides is 6. The van der Waals surface area contributed by atoms with Crippen LogP contribution in [0.1, 0.15) is 31.4 Å². The number of likely N-dealkylation sites (N-methyl/N-ethyl adjacent to an activating group) is 1. The van der Waals surface area contributed by atoms with Crippen LogP contribution in [0.2, 0.25) is 0 Å². The molecule has 2 N–H and O–H groups in total. The Morgan fingerprint density at radius 1 is 0.974 bits per heavy atom. The third kappa shape index (κ3) is 11.5. The highest BCUT2D eigenvalue weighted by Gasteiger charge is 2.39. The van der Waals surface area contributed by atoms with Gasteiger partial charge in [-0.1, -0.05) is 36.4 Å². The Kier molecular flexibility index (Phi) is 12.7. The van der Waals surface area contributed by atoms with Crippen molar-refractivity contribution in [3.8, 4) is 0 Å². The third-order valence-electron chi connectivity index (χ3n) is 5.84. The number of carbonyl (C=O) groups is 2. The molecule has 3 rings (SSSR count). The van der Waals surface area contributed by atoms with Gasteiger partial charge in [0.05, 0.1) is 0 Å². The van der Waals surface area contributed by atoms with E-state index >= 15 is 0 Å². The van der Waals surface area contributed by atoms with Gasteiger partial charge in [-0.2, -0.15) is 26.3 Å². The van der Waals surface area contributed by atoms with Crippen molar-refractivity contribution in [2.45, 2.75) is 63.7 Å². The average Bonchev–Trinajstić information content (AvgIpc) is 3.21. The fraction of sp³-hybridized carbons (Fsp3) is 0.480. The van der Waals surface area contributed by atoms with Crippen LogP contribution in [0.5, 0.6) is 0 Å². The predicted molar refractivity (Wildman–Crippen MR) is 127 cm³/mol. The molecule has 0 spiro atoms. The lowest BCUT2D eigenvalue weighted by Gasteiger charge is -2.35. The van der Waals surface area contributed by atoms with Gasteiger partial charge >= 0.3 is 24.3 Å². The minimum absolute atomic E-state index is 0.556. The maximum atomic E-state index is 10.6. The van der Waals surface area contributed by atoms with Gasteiger partial charge in [-0.3, -0.25) is 14.8 Å². The van der Waals surface area contributed by atoms with Gasteiger partial charge in [0.2, 0.25) is 0 Å². The molecule has 1 aliphatic rings. The molecule has 0 radical (unpaired) electrons. The number of rotatable bonds is 6. The van der Waals surface area contributed by atoms with Gasteiger partial charge in [-0.15, -0.1) is 0 Å². The Labute approximate surface area is 216 Å². The highest BCUT2D eigenvalue weighted by molar-refractivity contribution is 5.73. The standard InChI is InChI=1S/C21H29N3.2C2HF3O2/c1-17(2)23(3)20-11-13-24(16-19-10-7-12-22-15-19)21(20)14-18-8-5-4-6-9-18;2*3-2(4,5)1(6)7/h4-10,12,15,17,20-21H,11,13-14,16H2,1-3H3;2*(H,6,7)/t20-,21+;;/m1../s1. The summed E-state index contributed by atoms with van der Waals surface area (Å²) in [5.41, 5.74) is 2.74. The summed E-state index contributed by atoms with van der Waals surface area (Å²) in [7, 11) is 2.28. The Balaban J connectivity index is 0.000000426. The van der Waals surface area contributed by atoms with Crippen molar-refractivity contribution < 1.29 is 46.1 Å². The van der Waals surface area contributed by atoms with Crippen molar-refractivity contribution in [2.75, 3.05) is 13.6 Å². The first-order valence-electron chi connectivity index (χ1n) is 11.5. The topological polar surface area (TPSA) is 94.0 Å². The number of carboxylic acids is 2. The molecule has 7 nitrogen and oxygen atoms in total. The van der Waals surface area contributed by atoms with Gasteiger partial charge in [0.25, 0.3) is 0 Å². The zero-order valence-corrected chi connectivity index (χ0v) is 21.1. The molecule has 1 aromatic carbocycles. The number of aromatic nitrogens is 1. The number of nitrogens with zero attached hydrogens (tertiary/aromatic N) is 3. The van der Waals surface area contributed by atoms with Crippen LogP contribution >= 0.6 is 0 Å². The molecular weight excluding hydrogens is 520 g/mol.